The van der Waals surface area contributed by atoms with Crippen molar-refractivity contribution in [3.63, 3.8) is 0 Å². The molecule has 2 rings (SSSR count). The number of benzene rings is 1. The minimum Gasteiger partial charge on any atom is -0.369 e. The molecule has 0 spiro atoms. The van der Waals surface area contributed by atoms with Crippen molar-refractivity contribution in [2.24, 2.45) is 5.92 Å². The zero-order valence-corrected chi connectivity index (χ0v) is 16.3. The molecule has 6 nitrogen and oxygen atoms in total. The second kappa shape index (κ2) is 9.32. The van der Waals surface area contributed by atoms with Crippen LogP contribution in [0.15, 0.2) is 24.3 Å². The predicted molar refractivity (Wildman–Crippen MR) is 101 cm³/mol. The number of nitrogens with zero attached hydrogens (tertiary/aromatic N) is 2. The number of amides is 1. The maximum absolute atomic E-state index is 13.0. The Bertz CT molecular complexity index is 684. The molecule has 146 valence electrons. The molecule has 1 heterocycles. The predicted octanol–water partition coefficient (Wildman–Crippen LogP) is 1.83. The Kier molecular flexibility index (Phi) is 7.40. The fraction of sp³-hybridized carbons (Fsp3) is 0.611. The summed E-state index contributed by atoms with van der Waals surface area (Å²) >= 11 is 0. The van der Waals surface area contributed by atoms with Crippen LogP contribution in [-0.4, -0.2) is 57.1 Å². The van der Waals surface area contributed by atoms with Crippen LogP contribution < -0.4 is 10.2 Å². The molecular formula is C18H28FN3O3S. The van der Waals surface area contributed by atoms with Gasteiger partial charge in [-0.05, 0) is 36.6 Å². The molecule has 1 amide bonds. The number of carbonyl (C=O) groups excluding carboxylic acids is 1. The van der Waals surface area contributed by atoms with Crippen molar-refractivity contribution in [3.8, 4) is 0 Å². The molecule has 0 aliphatic carbocycles. The van der Waals surface area contributed by atoms with E-state index in [-0.39, 0.29) is 23.4 Å². The minimum absolute atomic E-state index is 0.0332. The van der Waals surface area contributed by atoms with Gasteiger partial charge in [-0.2, -0.15) is 4.31 Å². The van der Waals surface area contributed by atoms with E-state index in [0.717, 1.165) is 5.69 Å². The van der Waals surface area contributed by atoms with Crippen molar-refractivity contribution in [1.82, 2.24) is 9.62 Å². The Labute approximate surface area is 155 Å². The molecule has 26 heavy (non-hydrogen) atoms. The molecule has 0 unspecified atom stereocenters. The van der Waals surface area contributed by atoms with E-state index in [1.165, 1.54) is 16.4 Å². The molecule has 1 saturated heterocycles. The van der Waals surface area contributed by atoms with Gasteiger partial charge >= 0.3 is 0 Å². The van der Waals surface area contributed by atoms with E-state index in [4.69, 9.17) is 0 Å². The van der Waals surface area contributed by atoms with Gasteiger partial charge in [-0.1, -0.05) is 13.8 Å². The summed E-state index contributed by atoms with van der Waals surface area (Å²) in [7, 11) is -3.32. The summed E-state index contributed by atoms with van der Waals surface area (Å²) in [6, 6.07) is 6.23. The van der Waals surface area contributed by atoms with Crippen LogP contribution in [0.4, 0.5) is 10.1 Å². The Hall–Kier alpha value is -1.67. The molecule has 0 atom stereocenters. The molecule has 1 aliphatic rings. The lowest BCUT2D eigenvalue weighted by Gasteiger charge is -2.35. The van der Waals surface area contributed by atoms with Crippen LogP contribution in [0, 0.1) is 11.7 Å². The third-order valence-corrected chi connectivity index (χ3v) is 6.28. The van der Waals surface area contributed by atoms with Gasteiger partial charge in [-0.3, -0.25) is 4.79 Å². The highest BCUT2D eigenvalue weighted by molar-refractivity contribution is 7.89. The number of hydrogen-bond donors (Lipinski definition) is 1. The summed E-state index contributed by atoms with van der Waals surface area (Å²) in [6.45, 7) is 6.30. The number of halogens is 1. The van der Waals surface area contributed by atoms with E-state index in [0.29, 0.717) is 45.6 Å². The monoisotopic (exact) mass is 385 g/mol. The number of sulfonamides is 1. The maximum atomic E-state index is 13.0. The van der Waals surface area contributed by atoms with Crippen molar-refractivity contribution >= 4 is 21.6 Å². The van der Waals surface area contributed by atoms with Crippen molar-refractivity contribution in [1.29, 1.82) is 0 Å². The maximum Gasteiger partial charge on any atom is 0.220 e. The first kappa shape index (κ1) is 20.6. The number of nitrogens with one attached hydrogen (secondary N) is 1. The minimum atomic E-state index is -3.32. The number of piperazine rings is 1. The summed E-state index contributed by atoms with van der Waals surface area (Å²) in [4.78, 5) is 13.6. The van der Waals surface area contributed by atoms with Crippen LogP contribution in [0.3, 0.4) is 0 Å². The first-order valence-corrected chi connectivity index (χ1v) is 10.6. The van der Waals surface area contributed by atoms with Gasteiger partial charge in [0.2, 0.25) is 15.9 Å². The van der Waals surface area contributed by atoms with Gasteiger partial charge in [-0.15, -0.1) is 0 Å². The van der Waals surface area contributed by atoms with Crippen molar-refractivity contribution in [2.45, 2.75) is 26.7 Å². The Morgan fingerprint density at radius 3 is 2.35 bits per heavy atom. The third kappa shape index (κ3) is 6.25. The van der Waals surface area contributed by atoms with Crippen molar-refractivity contribution in [3.05, 3.63) is 30.1 Å². The van der Waals surface area contributed by atoms with E-state index in [1.807, 2.05) is 13.8 Å². The highest BCUT2D eigenvalue weighted by Gasteiger charge is 2.26. The third-order valence-electron chi connectivity index (χ3n) is 4.32. The first-order chi connectivity index (χ1) is 12.3. The zero-order valence-electron chi connectivity index (χ0n) is 15.4. The standard InChI is InChI=1S/C18H28FN3O3S/c1-15(2)14-18(23)20-8-3-13-26(24,25)22-11-9-21(10-12-22)17-6-4-16(19)5-7-17/h4-7,15H,3,8-14H2,1-2H3,(H,20,23). The summed E-state index contributed by atoms with van der Waals surface area (Å²) in [5.74, 6) is 0.00259. The molecule has 0 bridgehead atoms. The van der Waals surface area contributed by atoms with Crippen LogP contribution >= 0.6 is 0 Å². The second-order valence-electron chi connectivity index (χ2n) is 6.98. The summed E-state index contributed by atoms with van der Waals surface area (Å²) in [6.07, 6.45) is 0.864. The molecule has 1 aromatic rings. The van der Waals surface area contributed by atoms with Gasteiger partial charge < -0.3 is 10.2 Å². The normalized spacial score (nSPS) is 16.1. The molecule has 1 aliphatic heterocycles. The molecular weight excluding hydrogens is 357 g/mol. The average molecular weight is 386 g/mol. The zero-order chi connectivity index (χ0) is 19.2. The van der Waals surface area contributed by atoms with Gasteiger partial charge in [0.1, 0.15) is 5.82 Å². The Morgan fingerprint density at radius 1 is 1.15 bits per heavy atom. The lowest BCUT2D eigenvalue weighted by atomic mass is 10.1. The fourth-order valence-electron chi connectivity index (χ4n) is 2.93. The van der Waals surface area contributed by atoms with Gasteiger partial charge in [0.15, 0.2) is 0 Å². The molecule has 1 fully saturated rings. The number of hydrogen-bond acceptors (Lipinski definition) is 4. The second-order valence-corrected chi connectivity index (χ2v) is 9.07. The summed E-state index contributed by atoms with van der Waals surface area (Å²) < 4.78 is 39.4. The largest absolute Gasteiger partial charge is 0.369 e. The molecule has 1 N–H and O–H groups in total. The van der Waals surface area contributed by atoms with Crippen molar-refractivity contribution in [2.75, 3.05) is 43.4 Å². The molecule has 0 radical (unpaired) electrons. The topological polar surface area (TPSA) is 69.7 Å². The molecule has 0 aromatic heterocycles. The van der Waals surface area contributed by atoms with Crippen LogP contribution in [0.25, 0.3) is 0 Å². The highest BCUT2D eigenvalue weighted by Crippen LogP contribution is 2.18. The first-order valence-electron chi connectivity index (χ1n) is 9.03. The lowest BCUT2D eigenvalue weighted by Crippen LogP contribution is -2.49. The van der Waals surface area contributed by atoms with Crippen LogP contribution in [0.2, 0.25) is 0 Å². The summed E-state index contributed by atoms with van der Waals surface area (Å²) in [5.41, 5.74) is 0.899. The Balaban J connectivity index is 1.75. The Morgan fingerprint density at radius 2 is 1.77 bits per heavy atom. The number of anilines is 1. The fourth-order valence-corrected chi connectivity index (χ4v) is 4.42. The van der Waals surface area contributed by atoms with Crippen LogP contribution in [-0.2, 0) is 14.8 Å². The molecule has 8 heteroatoms. The summed E-state index contributed by atoms with van der Waals surface area (Å²) in [5, 5.41) is 2.76. The SMILES string of the molecule is CC(C)CC(=O)NCCCS(=O)(=O)N1CCN(c2ccc(F)cc2)CC1. The van der Waals surface area contributed by atoms with Gasteiger partial charge in [0.25, 0.3) is 0 Å². The van der Waals surface area contributed by atoms with Gasteiger partial charge in [0, 0.05) is 44.8 Å². The van der Waals surface area contributed by atoms with Crippen molar-refractivity contribution < 1.29 is 17.6 Å². The highest BCUT2D eigenvalue weighted by atomic mass is 32.2. The van der Waals surface area contributed by atoms with Crippen LogP contribution in [0.1, 0.15) is 26.7 Å². The van der Waals surface area contributed by atoms with E-state index < -0.39 is 10.0 Å². The van der Waals surface area contributed by atoms with Gasteiger partial charge in [-0.25, -0.2) is 12.8 Å². The molecule has 0 saturated carbocycles. The van der Waals surface area contributed by atoms with E-state index in [2.05, 4.69) is 10.2 Å². The van der Waals surface area contributed by atoms with E-state index in [1.54, 1.807) is 12.1 Å². The smallest absolute Gasteiger partial charge is 0.220 e. The van der Waals surface area contributed by atoms with Crippen LogP contribution in [0.5, 0.6) is 0 Å². The number of carbonyl (C=O) groups is 1. The number of rotatable bonds is 8. The average Bonchev–Trinajstić information content (AvgIpc) is 2.59. The van der Waals surface area contributed by atoms with E-state index in [9.17, 15) is 17.6 Å². The van der Waals surface area contributed by atoms with E-state index >= 15 is 0 Å². The lowest BCUT2D eigenvalue weighted by molar-refractivity contribution is -0.121. The van der Waals surface area contributed by atoms with Gasteiger partial charge in [0.05, 0.1) is 5.75 Å². The quantitative estimate of drug-likeness (QED) is 0.693. The molecule has 1 aromatic carbocycles.